The van der Waals surface area contributed by atoms with Gasteiger partial charge in [-0.15, -0.1) is 0 Å². The van der Waals surface area contributed by atoms with E-state index in [-0.39, 0.29) is 22.9 Å². The fourth-order valence-electron chi connectivity index (χ4n) is 5.77. The monoisotopic (exact) mass is 555 g/mol. The lowest BCUT2D eigenvalue weighted by Crippen LogP contribution is -2.48. The Morgan fingerprint density at radius 2 is 1.41 bits per heavy atom. The maximum absolute atomic E-state index is 13.3. The number of aromatic hydroxyl groups is 1. The molecule has 0 aliphatic carbocycles. The van der Waals surface area contributed by atoms with Gasteiger partial charge in [0.15, 0.2) is 0 Å². The number of rotatable bonds is 7. The minimum absolute atomic E-state index is 0.0476. The molecule has 41 heavy (non-hydrogen) atoms. The van der Waals surface area contributed by atoms with Crippen molar-refractivity contribution >= 4 is 11.7 Å². The van der Waals surface area contributed by atoms with Crippen LogP contribution in [0.15, 0.2) is 66.7 Å². The summed E-state index contributed by atoms with van der Waals surface area (Å²) in [6, 6.07) is 23.3. The van der Waals surface area contributed by atoms with E-state index in [0.29, 0.717) is 5.75 Å². The maximum Gasteiger partial charge on any atom is 0.321 e. The molecule has 1 heterocycles. The molecule has 0 saturated carbocycles. The van der Waals surface area contributed by atoms with Gasteiger partial charge in [-0.25, -0.2) is 4.79 Å². The number of phenolic OH excluding ortho intramolecular Hbond substituents is 1. The van der Waals surface area contributed by atoms with E-state index in [1.54, 1.807) is 4.90 Å². The smallest absolute Gasteiger partial charge is 0.321 e. The van der Waals surface area contributed by atoms with E-state index in [0.717, 1.165) is 67.7 Å². The Bertz CT molecular complexity index is 1280. The second-order valence-electron chi connectivity index (χ2n) is 13.7. The average molecular weight is 556 g/mol. The molecule has 0 aromatic heterocycles. The third-order valence-corrected chi connectivity index (χ3v) is 8.29. The lowest BCUT2D eigenvalue weighted by Gasteiger charge is -2.33. The molecule has 1 aliphatic rings. The molecule has 3 aromatic carbocycles. The molecule has 0 bridgehead atoms. The molecule has 1 fully saturated rings. The number of carbonyl (C=O) groups is 1. The van der Waals surface area contributed by atoms with Gasteiger partial charge in [-0.1, -0.05) is 102 Å². The van der Waals surface area contributed by atoms with Crippen LogP contribution >= 0.6 is 0 Å². The molecule has 2 amide bonds. The van der Waals surface area contributed by atoms with Gasteiger partial charge in [-0.3, -0.25) is 9.80 Å². The summed E-state index contributed by atoms with van der Waals surface area (Å²) in [5.41, 5.74) is 6.29. The molecule has 5 nitrogen and oxygen atoms in total. The molecule has 2 N–H and O–H groups in total. The third-order valence-electron chi connectivity index (χ3n) is 8.29. The summed E-state index contributed by atoms with van der Waals surface area (Å²) >= 11 is 0. The fraction of sp³-hybridized carbons (Fsp3) is 0.472. The molecule has 5 heteroatoms. The zero-order valence-electron chi connectivity index (χ0n) is 26.1. The van der Waals surface area contributed by atoms with Crippen molar-refractivity contribution in [3.63, 3.8) is 0 Å². The summed E-state index contributed by atoms with van der Waals surface area (Å²) in [6.07, 6.45) is 3.56. The van der Waals surface area contributed by atoms with Gasteiger partial charge in [0.25, 0.3) is 0 Å². The van der Waals surface area contributed by atoms with Gasteiger partial charge in [0.2, 0.25) is 0 Å². The number of hydrogen-bond donors (Lipinski definition) is 2. The van der Waals surface area contributed by atoms with E-state index in [1.165, 1.54) is 11.1 Å². The van der Waals surface area contributed by atoms with E-state index >= 15 is 0 Å². The van der Waals surface area contributed by atoms with Gasteiger partial charge < -0.3 is 10.4 Å². The maximum atomic E-state index is 13.3. The minimum Gasteiger partial charge on any atom is -0.507 e. The van der Waals surface area contributed by atoms with Crippen molar-refractivity contribution in [1.29, 1.82) is 0 Å². The van der Waals surface area contributed by atoms with Crippen LogP contribution in [0.4, 0.5) is 10.5 Å². The van der Waals surface area contributed by atoms with Crippen LogP contribution in [0.25, 0.3) is 0 Å². The number of anilines is 1. The van der Waals surface area contributed by atoms with Gasteiger partial charge in [-0.2, -0.15) is 0 Å². The number of likely N-dealkylation sites (tertiary alicyclic amines) is 1. The summed E-state index contributed by atoms with van der Waals surface area (Å²) in [4.78, 5) is 17.6. The number of nitrogens with zero attached hydrogens (tertiary/aromatic N) is 2. The summed E-state index contributed by atoms with van der Waals surface area (Å²) in [5.74, 6) is 0.413. The molecule has 3 aromatic rings. The van der Waals surface area contributed by atoms with Crippen molar-refractivity contribution in [2.75, 3.05) is 25.0 Å². The molecule has 220 valence electrons. The molecular weight excluding hydrogens is 506 g/mol. The summed E-state index contributed by atoms with van der Waals surface area (Å²) < 4.78 is 0. The second-order valence-corrected chi connectivity index (χ2v) is 13.7. The largest absolute Gasteiger partial charge is 0.507 e. The fourth-order valence-corrected chi connectivity index (χ4v) is 5.77. The number of phenols is 1. The van der Waals surface area contributed by atoms with E-state index in [2.05, 4.69) is 100 Å². The Morgan fingerprint density at radius 1 is 0.854 bits per heavy atom. The Balaban J connectivity index is 1.40. The van der Waals surface area contributed by atoms with Gasteiger partial charge in [0.05, 0.1) is 0 Å². The summed E-state index contributed by atoms with van der Waals surface area (Å²) in [5, 5.41) is 14.4. The van der Waals surface area contributed by atoms with Crippen LogP contribution in [0.3, 0.4) is 0 Å². The summed E-state index contributed by atoms with van der Waals surface area (Å²) in [7, 11) is 1.87. The molecule has 0 spiro atoms. The number of amides is 2. The topological polar surface area (TPSA) is 55.8 Å². The van der Waals surface area contributed by atoms with Crippen molar-refractivity contribution in [2.45, 2.75) is 90.6 Å². The van der Waals surface area contributed by atoms with Crippen molar-refractivity contribution < 1.29 is 9.90 Å². The highest BCUT2D eigenvalue weighted by Crippen LogP contribution is 2.40. The van der Waals surface area contributed by atoms with E-state index in [4.69, 9.17) is 0 Å². The van der Waals surface area contributed by atoms with Crippen molar-refractivity contribution in [3.8, 4) is 5.75 Å². The first-order valence-corrected chi connectivity index (χ1v) is 15.1. The highest BCUT2D eigenvalue weighted by molar-refractivity contribution is 5.92. The minimum atomic E-state index is -0.159. The van der Waals surface area contributed by atoms with Crippen molar-refractivity contribution in [3.05, 3.63) is 94.5 Å². The predicted molar refractivity (Wildman–Crippen MR) is 171 cm³/mol. The number of hydrogen-bond acceptors (Lipinski definition) is 3. The second kappa shape index (κ2) is 12.7. The molecule has 0 radical (unpaired) electrons. The Kier molecular flexibility index (Phi) is 9.48. The third kappa shape index (κ3) is 7.91. The number of para-hydroxylation sites is 1. The van der Waals surface area contributed by atoms with Crippen LogP contribution in [0.2, 0.25) is 0 Å². The van der Waals surface area contributed by atoms with Crippen LogP contribution < -0.4 is 10.2 Å². The van der Waals surface area contributed by atoms with E-state index in [1.807, 2.05) is 25.2 Å². The SMILES string of the molecule is CN(C(=O)NC1CCN(Cc2ccccc2)CC1)c1ccccc1CCc1cc(C(C)(C)C)c(O)c(C(C)(C)C)c1. The van der Waals surface area contributed by atoms with Gasteiger partial charge >= 0.3 is 6.03 Å². The summed E-state index contributed by atoms with van der Waals surface area (Å²) in [6.45, 7) is 15.8. The van der Waals surface area contributed by atoms with Crippen LogP contribution in [0.5, 0.6) is 5.75 Å². The molecule has 1 aliphatic heterocycles. The highest BCUT2D eigenvalue weighted by Gasteiger charge is 2.27. The van der Waals surface area contributed by atoms with Crippen LogP contribution in [0.1, 0.15) is 82.2 Å². The van der Waals surface area contributed by atoms with Gasteiger partial charge in [0, 0.05) is 38.4 Å². The first-order valence-electron chi connectivity index (χ1n) is 15.1. The zero-order chi connectivity index (χ0) is 29.8. The predicted octanol–water partition coefficient (Wildman–Crippen LogP) is 7.58. The number of benzene rings is 3. The van der Waals surface area contributed by atoms with E-state index in [9.17, 15) is 9.90 Å². The number of urea groups is 1. The normalized spacial score (nSPS) is 15.1. The Hall–Kier alpha value is -3.31. The molecule has 4 rings (SSSR count). The zero-order valence-corrected chi connectivity index (χ0v) is 26.1. The lowest BCUT2D eigenvalue weighted by molar-refractivity contribution is 0.188. The van der Waals surface area contributed by atoms with E-state index < -0.39 is 0 Å². The molecule has 0 atom stereocenters. The first-order chi connectivity index (χ1) is 19.3. The molecular formula is C36H49N3O2. The Morgan fingerprint density at radius 3 is 2.00 bits per heavy atom. The average Bonchev–Trinajstić information content (AvgIpc) is 2.92. The number of carbonyl (C=O) groups excluding carboxylic acids is 1. The van der Waals surface area contributed by atoms with Crippen LogP contribution in [-0.4, -0.2) is 42.2 Å². The first kappa shape index (κ1) is 30.6. The van der Waals surface area contributed by atoms with Crippen LogP contribution in [0, 0.1) is 0 Å². The van der Waals surface area contributed by atoms with Crippen molar-refractivity contribution in [1.82, 2.24) is 10.2 Å². The van der Waals surface area contributed by atoms with Gasteiger partial charge in [0.1, 0.15) is 5.75 Å². The highest BCUT2D eigenvalue weighted by atomic mass is 16.3. The quantitative estimate of drug-likeness (QED) is 0.316. The lowest BCUT2D eigenvalue weighted by atomic mass is 9.78. The number of aryl methyl sites for hydroxylation is 2. The Labute approximate surface area is 247 Å². The van der Waals surface area contributed by atoms with Crippen molar-refractivity contribution in [2.24, 2.45) is 0 Å². The molecule has 0 unspecified atom stereocenters. The number of nitrogens with one attached hydrogen (secondary N) is 1. The molecule has 1 saturated heterocycles. The number of piperidine rings is 1. The van der Waals surface area contributed by atoms with Crippen LogP contribution in [-0.2, 0) is 30.2 Å². The standard InChI is InChI=1S/C36H49N3O2/c1-35(2,3)30-23-27(24-31(33(30)40)36(4,5)6)17-18-28-15-11-12-16-32(28)38(7)34(41)37-29-19-21-39(22-20-29)25-26-13-9-8-10-14-26/h8-16,23-24,29,40H,17-22,25H2,1-7H3,(H,37,41). The van der Waals surface area contributed by atoms with Gasteiger partial charge in [-0.05, 0) is 70.4 Å².